The van der Waals surface area contributed by atoms with Crippen LogP contribution in [0.1, 0.15) is 28.0 Å². The van der Waals surface area contributed by atoms with E-state index in [0.717, 1.165) is 25.1 Å². The molecule has 0 saturated heterocycles. The highest BCUT2D eigenvalue weighted by atomic mass is 19.1. The second kappa shape index (κ2) is 7.53. The molecule has 1 amide bonds. The fourth-order valence-corrected chi connectivity index (χ4v) is 3.26. The third-order valence-electron chi connectivity index (χ3n) is 4.65. The summed E-state index contributed by atoms with van der Waals surface area (Å²) >= 11 is 0. The number of aryl methyl sites for hydroxylation is 1. The maximum atomic E-state index is 13.6. The summed E-state index contributed by atoms with van der Waals surface area (Å²) in [6.45, 7) is 0.971. The van der Waals surface area contributed by atoms with Crippen LogP contribution in [0.5, 0.6) is 0 Å². The summed E-state index contributed by atoms with van der Waals surface area (Å²) in [5, 5.41) is 2.68. The first-order chi connectivity index (χ1) is 13.2. The van der Waals surface area contributed by atoms with Gasteiger partial charge in [-0.25, -0.2) is 14.4 Å². The van der Waals surface area contributed by atoms with Crippen LogP contribution in [0.2, 0.25) is 0 Å². The first kappa shape index (κ1) is 17.1. The topological polar surface area (TPSA) is 58.1 Å². The smallest absolute Gasteiger partial charge is 0.271 e. The lowest BCUT2D eigenvalue weighted by molar-refractivity contribution is 0.0945. The third kappa shape index (κ3) is 3.65. The van der Waals surface area contributed by atoms with E-state index in [1.54, 1.807) is 24.4 Å². The van der Waals surface area contributed by atoms with Crippen LogP contribution >= 0.6 is 0 Å². The van der Waals surface area contributed by atoms with Gasteiger partial charge in [-0.1, -0.05) is 36.4 Å². The van der Waals surface area contributed by atoms with E-state index in [-0.39, 0.29) is 24.0 Å². The molecule has 0 spiro atoms. The molecule has 0 radical (unpaired) electrons. The van der Waals surface area contributed by atoms with E-state index in [4.69, 9.17) is 0 Å². The Morgan fingerprint density at radius 2 is 1.89 bits per heavy atom. The van der Waals surface area contributed by atoms with E-state index in [2.05, 4.69) is 32.3 Å². The summed E-state index contributed by atoms with van der Waals surface area (Å²) in [5.41, 5.74) is 3.06. The third-order valence-corrected chi connectivity index (χ3v) is 4.65. The molecule has 1 N–H and O–H groups in total. The summed E-state index contributed by atoms with van der Waals surface area (Å²) in [4.78, 5) is 23.1. The number of aromatic nitrogens is 2. The van der Waals surface area contributed by atoms with Gasteiger partial charge in [0, 0.05) is 24.3 Å². The molecule has 1 aromatic heterocycles. The van der Waals surface area contributed by atoms with E-state index in [9.17, 15) is 9.18 Å². The SMILES string of the molecule is O=C(NCc1ccccc1F)c1cnc(N2CCCc3ccccc32)cn1. The van der Waals surface area contributed by atoms with Crippen LogP contribution in [0.4, 0.5) is 15.9 Å². The second-order valence-corrected chi connectivity index (χ2v) is 6.42. The van der Waals surface area contributed by atoms with Gasteiger partial charge in [-0.15, -0.1) is 0 Å². The number of carbonyl (C=O) groups is 1. The van der Waals surface area contributed by atoms with Crippen molar-refractivity contribution in [3.63, 3.8) is 0 Å². The molecule has 27 heavy (non-hydrogen) atoms. The average Bonchev–Trinajstić information content (AvgIpc) is 2.73. The average molecular weight is 362 g/mol. The second-order valence-electron chi connectivity index (χ2n) is 6.42. The van der Waals surface area contributed by atoms with E-state index < -0.39 is 0 Å². The first-order valence-corrected chi connectivity index (χ1v) is 8.91. The summed E-state index contributed by atoms with van der Waals surface area (Å²) in [7, 11) is 0. The van der Waals surface area contributed by atoms with Gasteiger partial charge < -0.3 is 10.2 Å². The van der Waals surface area contributed by atoms with Crippen molar-refractivity contribution < 1.29 is 9.18 Å². The Morgan fingerprint density at radius 3 is 2.70 bits per heavy atom. The van der Waals surface area contributed by atoms with Crippen molar-refractivity contribution in [1.82, 2.24) is 15.3 Å². The number of benzene rings is 2. The molecule has 4 rings (SSSR count). The van der Waals surface area contributed by atoms with E-state index in [0.29, 0.717) is 11.4 Å². The molecule has 0 saturated carbocycles. The molecule has 0 fully saturated rings. The van der Waals surface area contributed by atoms with Crippen molar-refractivity contribution in [3.05, 3.63) is 83.6 Å². The number of halogens is 1. The Morgan fingerprint density at radius 1 is 1.07 bits per heavy atom. The van der Waals surface area contributed by atoms with Crippen LogP contribution in [0.3, 0.4) is 0 Å². The zero-order chi connectivity index (χ0) is 18.6. The maximum Gasteiger partial charge on any atom is 0.271 e. The molecule has 2 aromatic carbocycles. The van der Waals surface area contributed by atoms with Crippen molar-refractivity contribution in [2.24, 2.45) is 0 Å². The van der Waals surface area contributed by atoms with Gasteiger partial charge in [0.2, 0.25) is 0 Å². The van der Waals surface area contributed by atoms with Gasteiger partial charge in [0.15, 0.2) is 5.82 Å². The molecule has 136 valence electrons. The number of rotatable bonds is 4. The van der Waals surface area contributed by atoms with E-state index in [1.807, 2.05) is 12.1 Å². The van der Waals surface area contributed by atoms with Crippen LogP contribution in [0.15, 0.2) is 60.9 Å². The molecular formula is C21H19FN4O. The zero-order valence-corrected chi connectivity index (χ0v) is 14.7. The van der Waals surface area contributed by atoms with Crippen molar-refractivity contribution in [2.45, 2.75) is 19.4 Å². The highest BCUT2D eigenvalue weighted by molar-refractivity contribution is 5.92. The number of nitrogens with one attached hydrogen (secondary N) is 1. The molecule has 0 aliphatic carbocycles. The minimum absolute atomic E-state index is 0.106. The van der Waals surface area contributed by atoms with Crippen LogP contribution in [-0.4, -0.2) is 22.4 Å². The Kier molecular flexibility index (Phi) is 4.78. The van der Waals surface area contributed by atoms with Crippen molar-refractivity contribution in [1.29, 1.82) is 0 Å². The van der Waals surface area contributed by atoms with Crippen molar-refractivity contribution >= 4 is 17.4 Å². The number of hydrogen-bond acceptors (Lipinski definition) is 4. The molecular weight excluding hydrogens is 343 g/mol. The van der Waals surface area contributed by atoms with Crippen molar-refractivity contribution in [2.75, 3.05) is 11.4 Å². The molecule has 6 heteroatoms. The Balaban J connectivity index is 1.46. The van der Waals surface area contributed by atoms with Gasteiger partial charge >= 0.3 is 0 Å². The van der Waals surface area contributed by atoms with Crippen molar-refractivity contribution in [3.8, 4) is 0 Å². The highest BCUT2D eigenvalue weighted by Crippen LogP contribution is 2.31. The maximum absolute atomic E-state index is 13.6. The lowest BCUT2D eigenvalue weighted by Crippen LogP contribution is -2.27. The van der Waals surface area contributed by atoms with E-state index >= 15 is 0 Å². The molecule has 5 nitrogen and oxygen atoms in total. The molecule has 2 heterocycles. The molecule has 0 bridgehead atoms. The van der Waals surface area contributed by atoms with Crippen LogP contribution < -0.4 is 10.2 Å². The molecule has 1 aliphatic rings. The number of fused-ring (bicyclic) bond motifs is 1. The number of para-hydroxylation sites is 1. The predicted molar refractivity (Wildman–Crippen MR) is 101 cm³/mol. The number of hydrogen-bond donors (Lipinski definition) is 1. The Hall–Kier alpha value is -3.28. The summed E-state index contributed by atoms with van der Waals surface area (Å²) in [6.07, 6.45) is 5.17. The standard InChI is InChI=1S/C21H19FN4O/c22-17-9-3-1-7-16(17)12-25-21(27)18-13-24-20(14-23-18)26-11-5-8-15-6-2-4-10-19(15)26/h1-4,6-7,9-10,13-14H,5,8,11-12H2,(H,25,27). The largest absolute Gasteiger partial charge is 0.346 e. The summed E-state index contributed by atoms with van der Waals surface area (Å²) in [5.74, 6) is -0.00727. The van der Waals surface area contributed by atoms with Gasteiger partial charge in [0.1, 0.15) is 11.5 Å². The van der Waals surface area contributed by atoms with Crippen LogP contribution in [0.25, 0.3) is 0 Å². The van der Waals surface area contributed by atoms with Crippen LogP contribution in [-0.2, 0) is 13.0 Å². The molecule has 0 unspecified atom stereocenters. The molecule has 3 aromatic rings. The van der Waals surface area contributed by atoms with Gasteiger partial charge in [0.25, 0.3) is 5.91 Å². The lowest BCUT2D eigenvalue weighted by Gasteiger charge is -2.30. The summed E-state index contributed by atoms with van der Waals surface area (Å²) in [6, 6.07) is 14.6. The monoisotopic (exact) mass is 362 g/mol. The zero-order valence-electron chi connectivity index (χ0n) is 14.7. The predicted octanol–water partition coefficient (Wildman–Crippen LogP) is 3.63. The Bertz CT molecular complexity index is 958. The molecule has 1 aliphatic heterocycles. The highest BCUT2D eigenvalue weighted by Gasteiger charge is 2.19. The summed E-state index contributed by atoms with van der Waals surface area (Å²) < 4.78 is 13.6. The van der Waals surface area contributed by atoms with E-state index in [1.165, 1.54) is 17.8 Å². The Labute approximate surface area is 156 Å². The minimum atomic E-state index is -0.378. The molecule has 0 atom stereocenters. The van der Waals surface area contributed by atoms with Gasteiger partial charge in [0.05, 0.1) is 12.4 Å². The lowest BCUT2D eigenvalue weighted by atomic mass is 10.0. The fraction of sp³-hybridized carbons (Fsp3) is 0.190. The van der Waals surface area contributed by atoms with Crippen LogP contribution in [0, 0.1) is 5.82 Å². The minimum Gasteiger partial charge on any atom is -0.346 e. The first-order valence-electron chi connectivity index (χ1n) is 8.91. The normalized spacial score (nSPS) is 13.1. The fourth-order valence-electron chi connectivity index (χ4n) is 3.26. The number of anilines is 2. The van der Waals surface area contributed by atoms with Gasteiger partial charge in [-0.05, 0) is 30.5 Å². The number of nitrogens with zero attached hydrogens (tertiary/aromatic N) is 3. The number of amides is 1. The number of carbonyl (C=O) groups excluding carboxylic acids is 1. The quantitative estimate of drug-likeness (QED) is 0.770. The van der Waals surface area contributed by atoms with Gasteiger partial charge in [-0.3, -0.25) is 4.79 Å². The van der Waals surface area contributed by atoms with Gasteiger partial charge in [-0.2, -0.15) is 0 Å².